The highest BCUT2D eigenvalue weighted by molar-refractivity contribution is 7.99. The summed E-state index contributed by atoms with van der Waals surface area (Å²) >= 11 is 1.11. The molecule has 0 aliphatic heterocycles. The van der Waals surface area contributed by atoms with Gasteiger partial charge in [-0.2, -0.15) is 5.26 Å². The Bertz CT molecular complexity index is 1170. The lowest BCUT2D eigenvalue weighted by molar-refractivity contribution is -0.387. The molecule has 1 amide bonds. The second-order valence-corrected chi connectivity index (χ2v) is 7.48. The number of nitro benzene ring substituents is 1. The number of amides is 1. The SMILES string of the molecule is Cn1cnnc1Sc1ccc(/C=C(\C#N)C(=O)NCCc2ccccc2)cc1[N+](=O)[O-]. The van der Waals surface area contributed by atoms with Gasteiger partial charge in [0.15, 0.2) is 5.16 Å². The minimum atomic E-state index is -0.529. The van der Waals surface area contributed by atoms with Gasteiger partial charge in [-0.05, 0) is 41.5 Å². The minimum absolute atomic E-state index is 0.129. The Balaban J connectivity index is 1.74. The molecule has 156 valence electrons. The van der Waals surface area contributed by atoms with Gasteiger partial charge in [-0.1, -0.05) is 36.4 Å². The van der Waals surface area contributed by atoms with Crippen molar-refractivity contribution in [2.75, 3.05) is 6.54 Å². The first-order valence-corrected chi connectivity index (χ1v) is 10.0. The molecule has 1 N–H and O–H groups in total. The zero-order valence-electron chi connectivity index (χ0n) is 16.6. The second-order valence-electron chi connectivity index (χ2n) is 6.47. The number of aryl methyl sites for hydroxylation is 1. The molecule has 10 heteroatoms. The summed E-state index contributed by atoms with van der Waals surface area (Å²) in [7, 11) is 1.74. The van der Waals surface area contributed by atoms with E-state index in [2.05, 4.69) is 15.5 Å². The minimum Gasteiger partial charge on any atom is -0.351 e. The molecule has 3 rings (SSSR count). The molecule has 0 aliphatic carbocycles. The molecule has 0 saturated heterocycles. The third kappa shape index (κ3) is 5.77. The Morgan fingerprint density at radius 2 is 2.10 bits per heavy atom. The zero-order valence-corrected chi connectivity index (χ0v) is 17.4. The van der Waals surface area contributed by atoms with Gasteiger partial charge in [0.05, 0.1) is 9.82 Å². The lowest BCUT2D eigenvalue weighted by Gasteiger charge is -2.06. The van der Waals surface area contributed by atoms with Crippen LogP contribution in [0.15, 0.2) is 70.5 Å². The summed E-state index contributed by atoms with van der Waals surface area (Å²) in [6, 6.07) is 16.0. The Morgan fingerprint density at radius 1 is 1.32 bits per heavy atom. The molecule has 0 aliphatic rings. The number of hydrogen-bond donors (Lipinski definition) is 1. The van der Waals surface area contributed by atoms with Crippen molar-refractivity contribution >= 4 is 29.4 Å². The van der Waals surface area contributed by atoms with Crippen LogP contribution in [0.3, 0.4) is 0 Å². The molecule has 0 bridgehead atoms. The van der Waals surface area contributed by atoms with Crippen molar-refractivity contribution in [2.45, 2.75) is 16.5 Å². The van der Waals surface area contributed by atoms with Crippen LogP contribution >= 0.6 is 11.8 Å². The van der Waals surface area contributed by atoms with Crippen LogP contribution < -0.4 is 5.32 Å². The van der Waals surface area contributed by atoms with Crippen LogP contribution in [0.4, 0.5) is 5.69 Å². The first-order chi connectivity index (χ1) is 15.0. The van der Waals surface area contributed by atoms with Crippen LogP contribution in [0.25, 0.3) is 6.08 Å². The number of nitrogens with zero attached hydrogens (tertiary/aromatic N) is 5. The largest absolute Gasteiger partial charge is 0.351 e. The monoisotopic (exact) mass is 434 g/mol. The van der Waals surface area contributed by atoms with Crippen LogP contribution in [0, 0.1) is 21.4 Å². The Morgan fingerprint density at radius 3 is 2.74 bits per heavy atom. The van der Waals surface area contributed by atoms with Crippen molar-refractivity contribution in [1.29, 1.82) is 5.26 Å². The predicted octanol–water partition coefficient (Wildman–Crippen LogP) is 3.14. The van der Waals surface area contributed by atoms with E-state index in [9.17, 15) is 20.2 Å². The summed E-state index contributed by atoms with van der Waals surface area (Å²) in [5, 5.41) is 31.8. The Hall–Kier alpha value is -3.97. The van der Waals surface area contributed by atoms with Gasteiger partial charge >= 0.3 is 0 Å². The van der Waals surface area contributed by atoms with Crippen LogP contribution in [-0.2, 0) is 18.3 Å². The van der Waals surface area contributed by atoms with E-state index in [0.717, 1.165) is 17.3 Å². The lowest BCUT2D eigenvalue weighted by atomic mass is 10.1. The maximum Gasteiger partial charge on any atom is 0.283 e. The Labute approximate surface area is 182 Å². The number of carbonyl (C=O) groups is 1. The average Bonchev–Trinajstić information content (AvgIpc) is 3.17. The van der Waals surface area contributed by atoms with Gasteiger partial charge in [0, 0.05) is 19.7 Å². The van der Waals surface area contributed by atoms with Gasteiger partial charge in [0.2, 0.25) is 0 Å². The standard InChI is InChI=1S/C21H18N6O3S/c1-26-14-24-25-21(26)31-19-8-7-16(12-18(19)27(29)30)11-17(13-22)20(28)23-10-9-15-5-3-2-4-6-15/h2-8,11-12,14H,9-10H2,1H3,(H,23,28)/b17-11+. The van der Waals surface area contributed by atoms with Gasteiger partial charge in [0.1, 0.15) is 18.0 Å². The van der Waals surface area contributed by atoms with Crippen LogP contribution in [-0.4, -0.2) is 32.1 Å². The summed E-state index contributed by atoms with van der Waals surface area (Å²) in [5.41, 5.74) is 1.17. The number of benzene rings is 2. The van der Waals surface area contributed by atoms with E-state index in [0.29, 0.717) is 28.6 Å². The number of aromatic nitrogens is 3. The first kappa shape index (κ1) is 21.7. The van der Waals surface area contributed by atoms with E-state index in [1.807, 2.05) is 36.4 Å². The van der Waals surface area contributed by atoms with Crippen molar-refractivity contribution < 1.29 is 9.72 Å². The van der Waals surface area contributed by atoms with Gasteiger partial charge < -0.3 is 9.88 Å². The number of nitrogens with one attached hydrogen (secondary N) is 1. The molecule has 0 fully saturated rings. The molecule has 1 aromatic heterocycles. The third-order valence-electron chi connectivity index (χ3n) is 4.27. The molecule has 9 nitrogen and oxygen atoms in total. The van der Waals surface area contributed by atoms with Crippen LogP contribution in [0.2, 0.25) is 0 Å². The maximum absolute atomic E-state index is 12.3. The van der Waals surface area contributed by atoms with Gasteiger partial charge in [-0.3, -0.25) is 14.9 Å². The van der Waals surface area contributed by atoms with E-state index in [-0.39, 0.29) is 11.3 Å². The van der Waals surface area contributed by atoms with Crippen molar-refractivity contribution in [2.24, 2.45) is 7.05 Å². The summed E-state index contributed by atoms with van der Waals surface area (Å²) in [6.45, 7) is 0.370. The Kier molecular flexibility index (Phi) is 7.13. The van der Waals surface area contributed by atoms with Crippen molar-refractivity contribution in [3.8, 4) is 6.07 Å². The van der Waals surface area contributed by atoms with E-state index < -0.39 is 10.8 Å². The van der Waals surface area contributed by atoms with Gasteiger partial charge in [-0.25, -0.2) is 0 Å². The summed E-state index contributed by atoms with van der Waals surface area (Å²) in [6.07, 6.45) is 3.47. The molecule has 3 aromatic rings. The highest BCUT2D eigenvalue weighted by Gasteiger charge is 2.18. The molecule has 0 unspecified atom stereocenters. The quantitative estimate of drug-likeness (QED) is 0.250. The number of carbonyl (C=O) groups excluding carboxylic acids is 1. The second kappa shape index (κ2) is 10.2. The highest BCUT2D eigenvalue weighted by atomic mass is 32.2. The van der Waals surface area contributed by atoms with E-state index in [4.69, 9.17) is 0 Å². The normalized spacial score (nSPS) is 11.0. The number of nitro groups is 1. The maximum atomic E-state index is 12.3. The van der Waals surface area contributed by atoms with Gasteiger partial charge in [0.25, 0.3) is 11.6 Å². The highest BCUT2D eigenvalue weighted by Crippen LogP contribution is 2.34. The fourth-order valence-corrected chi connectivity index (χ4v) is 3.54. The molecule has 0 spiro atoms. The topological polar surface area (TPSA) is 127 Å². The smallest absolute Gasteiger partial charge is 0.283 e. The third-order valence-corrected chi connectivity index (χ3v) is 5.39. The number of nitriles is 1. The van der Waals surface area contributed by atoms with Crippen molar-refractivity contribution in [3.63, 3.8) is 0 Å². The lowest BCUT2D eigenvalue weighted by Crippen LogP contribution is -2.26. The molecule has 2 aromatic carbocycles. The van der Waals surface area contributed by atoms with Crippen LogP contribution in [0.1, 0.15) is 11.1 Å². The summed E-state index contributed by atoms with van der Waals surface area (Å²) in [4.78, 5) is 23.7. The molecule has 0 radical (unpaired) electrons. The molecule has 0 saturated carbocycles. The number of rotatable bonds is 8. The van der Waals surface area contributed by atoms with E-state index in [1.165, 1.54) is 18.5 Å². The first-order valence-electron chi connectivity index (χ1n) is 9.22. The fraction of sp³-hybridized carbons (Fsp3) is 0.143. The van der Waals surface area contributed by atoms with Crippen molar-refractivity contribution in [3.05, 3.63) is 81.7 Å². The molecule has 31 heavy (non-hydrogen) atoms. The summed E-state index contributed by atoms with van der Waals surface area (Å²) in [5.74, 6) is -0.529. The van der Waals surface area contributed by atoms with Crippen LogP contribution in [0.5, 0.6) is 0 Å². The summed E-state index contributed by atoms with van der Waals surface area (Å²) < 4.78 is 1.65. The van der Waals surface area contributed by atoms with E-state index >= 15 is 0 Å². The fourth-order valence-electron chi connectivity index (χ4n) is 2.69. The van der Waals surface area contributed by atoms with E-state index in [1.54, 1.807) is 23.7 Å². The molecular weight excluding hydrogens is 416 g/mol. The van der Waals surface area contributed by atoms with Gasteiger partial charge in [-0.15, -0.1) is 10.2 Å². The zero-order chi connectivity index (χ0) is 22.2. The predicted molar refractivity (Wildman–Crippen MR) is 115 cm³/mol. The number of hydrogen-bond acceptors (Lipinski definition) is 7. The molecule has 1 heterocycles. The van der Waals surface area contributed by atoms with Crippen molar-refractivity contribution in [1.82, 2.24) is 20.1 Å². The molecule has 0 atom stereocenters. The average molecular weight is 434 g/mol. The molecular formula is C21H18N6O3S.